The second-order valence-corrected chi connectivity index (χ2v) is 14.1. The van der Waals surface area contributed by atoms with Crippen LogP contribution in [0.25, 0.3) is 0 Å². The SMILES string of the molecule is COc1ccc(N(CC(=O)N(Cc2ccccc2Cl)[C@@H](Cc2ccccc2)C(=O)NCC(C)C)S(=O)(=O)c2ccc(C)cc2)cc1OC. The Morgan fingerprint density at radius 1 is 0.854 bits per heavy atom. The molecule has 0 saturated heterocycles. The summed E-state index contributed by atoms with van der Waals surface area (Å²) >= 11 is 6.58. The standard InChI is InChI=1S/C37H42ClN3O6S/c1-26(2)23-39-37(43)33(21-28-11-7-6-8-12-28)40(24-29-13-9-10-14-32(29)38)36(42)25-41(30-17-20-34(46-4)35(22-30)47-5)48(44,45)31-18-15-27(3)16-19-31/h6-20,22,26,33H,21,23-25H2,1-5H3,(H,39,43)/t33-/m0/s1. The van der Waals surface area contributed by atoms with Crippen LogP contribution in [0.15, 0.2) is 102 Å². The highest BCUT2D eigenvalue weighted by molar-refractivity contribution is 7.92. The number of carbonyl (C=O) groups is 2. The third-order valence-electron chi connectivity index (χ3n) is 7.80. The fourth-order valence-corrected chi connectivity index (χ4v) is 6.73. The number of anilines is 1. The Kier molecular flexibility index (Phi) is 12.5. The van der Waals surface area contributed by atoms with Gasteiger partial charge in [-0.2, -0.15) is 0 Å². The summed E-state index contributed by atoms with van der Waals surface area (Å²) in [6.07, 6.45) is 0.196. The van der Waals surface area contributed by atoms with E-state index >= 15 is 0 Å². The lowest BCUT2D eigenvalue weighted by atomic mass is 10.0. The molecule has 254 valence electrons. The van der Waals surface area contributed by atoms with Gasteiger partial charge in [0.2, 0.25) is 11.8 Å². The van der Waals surface area contributed by atoms with E-state index in [1.54, 1.807) is 48.5 Å². The third kappa shape index (κ3) is 9.08. The average Bonchev–Trinajstić information content (AvgIpc) is 3.08. The van der Waals surface area contributed by atoms with Gasteiger partial charge in [-0.3, -0.25) is 13.9 Å². The first-order valence-corrected chi connectivity index (χ1v) is 17.4. The van der Waals surface area contributed by atoms with E-state index in [2.05, 4.69) is 5.32 Å². The molecule has 0 radical (unpaired) electrons. The highest BCUT2D eigenvalue weighted by Crippen LogP contribution is 2.34. The van der Waals surface area contributed by atoms with Crippen LogP contribution >= 0.6 is 11.6 Å². The topological polar surface area (TPSA) is 105 Å². The number of carbonyl (C=O) groups excluding carboxylic acids is 2. The zero-order chi connectivity index (χ0) is 34.8. The van der Waals surface area contributed by atoms with Gasteiger partial charge in [-0.25, -0.2) is 8.42 Å². The van der Waals surface area contributed by atoms with Crippen LogP contribution in [0.2, 0.25) is 5.02 Å². The van der Waals surface area contributed by atoms with Gasteiger partial charge in [-0.05, 0) is 54.3 Å². The van der Waals surface area contributed by atoms with Crippen LogP contribution in [0.3, 0.4) is 0 Å². The van der Waals surface area contributed by atoms with Crippen molar-refractivity contribution < 1.29 is 27.5 Å². The minimum atomic E-state index is -4.29. The van der Waals surface area contributed by atoms with E-state index in [1.165, 1.54) is 37.3 Å². The zero-order valence-electron chi connectivity index (χ0n) is 27.9. The molecular formula is C37H42ClN3O6S. The van der Waals surface area contributed by atoms with Gasteiger partial charge in [0.25, 0.3) is 10.0 Å². The molecule has 48 heavy (non-hydrogen) atoms. The van der Waals surface area contributed by atoms with Crippen LogP contribution in [-0.4, -0.2) is 58.5 Å². The number of aryl methyl sites for hydroxylation is 1. The number of ether oxygens (including phenoxy) is 2. The maximum Gasteiger partial charge on any atom is 0.264 e. The molecule has 0 aliphatic rings. The number of hydrogen-bond donors (Lipinski definition) is 1. The monoisotopic (exact) mass is 691 g/mol. The molecule has 0 heterocycles. The van der Waals surface area contributed by atoms with E-state index in [0.717, 1.165) is 15.4 Å². The molecule has 2 amide bonds. The van der Waals surface area contributed by atoms with E-state index < -0.39 is 28.5 Å². The Bertz CT molecular complexity index is 1800. The van der Waals surface area contributed by atoms with Crippen LogP contribution in [0, 0.1) is 12.8 Å². The Balaban J connectivity index is 1.85. The Morgan fingerprint density at radius 2 is 1.50 bits per heavy atom. The van der Waals surface area contributed by atoms with Crippen LogP contribution in [0.1, 0.15) is 30.5 Å². The van der Waals surface area contributed by atoms with Gasteiger partial charge in [0.1, 0.15) is 12.6 Å². The predicted molar refractivity (Wildman–Crippen MR) is 189 cm³/mol. The summed E-state index contributed by atoms with van der Waals surface area (Å²) < 4.78 is 40.5. The summed E-state index contributed by atoms with van der Waals surface area (Å²) in [4.78, 5) is 30.0. The first-order chi connectivity index (χ1) is 22.9. The minimum absolute atomic E-state index is 0.00357. The van der Waals surface area contributed by atoms with Gasteiger partial charge in [-0.15, -0.1) is 0 Å². The number of hydrogen-bond acceptors (Lipinski definition) is 6. The largest absolute Gasteiger partial charge is 0.493 e. The minimum Gasteiger partial charge on any atom is -0.493 e. The highest BCUT2D eigenvalue weighted by Gasteiger charge is 2.35. The lowest BCUT2D eigenvalue weighted by Crippen LogP contribution is -2.53. The van der Waals surface area contributed by atoms with Crippen molar-refractivity contribution in [3.63, 3.8) is 0 Å². The summed E-state index contributed by atoms with van der Waals surface area (Å²) in [5.74, 6) is -0.105. The fraction of sp³-hybridized carbons (Fsp3) is 0.297. The molecule has 0 saturated carbocycles. The van der Waals surface area contributed by atoms with Crippen LogP contribution in [0.5, 0.6) is 11.5 Å². The number of amides is 2. The van der Waals surface area contributed by atoms with E-state index in [0.29, 0.717) is 22.9 Å². The molecule has 0 aliphatic heterocycles. The van der Waals surface area contributed by atoms with Crippen molar-refractivity contribution in [2.24, 2.45) is 5.92 Å². The molecule has 0 bridgehead atoms. The molecule has 4 aromatic carbocycles. The van der Waals surface area contributed by atoms with E-state index in [1.807, 2.05) is 51.1 Å². The first-order valence-electron chi connectivity index (χ1n) is 15.6. The molecule has 4 aromatic rings. The first kappa shape index (κ1) is 36.3. The molecular weight excluding hydrogens is 650 g/mol. The Morgan fingerprint density at radius 3 is 2.12 bits per heavy atom. The number of sulfonamides is 1. The van der Waals surface area contributed by atoms with E-state index in [9.17, 15) is 18.0 Å². The van der Waals surface area contributed by atoms with Crippen molar-refractivity contribution in [2.75, 3.05) is 31.6 Å². The lowest BCUT2D eigenvalue weighted by Gasteiger charge is -2.34. The van der Waals surface area contributed by atoms with Crippen LogP contribution in [0.4, 0.5) is 5.69 Å². The molecule has 0 fully saturated rings. The molecule has 1 atom stereocenters. The van der Waals surface area contributed by atoms with Crippen LogP contribution < -0.4 is 19.1 Å². The lowest BCUT2D eigenvalue weighted by molar-refractivity contribution is -0.140. The number of halogens is 1. The van der Waals surface area contributed by atoms with E-state index in [-0.39, 0.29) is 41.1 Å². The molecule has 0 unspecified atom stereocenters. The molecule has 9 nitrogen and oxygen atoms in total. The van der Waals surface area contributed by atoms with Gasteiger partial charge < -0.3 is 19.7 Å². The van der Waals surface area contributed by atoms with Crippen molar-refractivity contribution in [2.45, 2.75) is 44.7 Å². The van der Waals surface area contributed by atoms with Crippen molar-refractivity contribution in [3.05, 3.63) is 119 Å². The molecule has 0 aliphatic carbocycles. The van der Waals surface area contributed by atoms with Gasteiger partial charge in [0, 0.05) is 30.6 Å². The third-order valence-corrected chi connectivity index (χ3v) is 9.95. The van der Waals surface area contributed by atoms with Crippen molar-refractivity contribution in [3.8, 4) is 11.5 Å². The smallest absolute Gasteiger partial charge is 0.264 e. The van der Waals surface area contributed by atoms with Crippen molar-refractivity contribution in [1.29, 1.82) is 0 Å². The van der Waals surface area contributed by atoms with Gasteiger partial charge >= 0.3 is 0 Å². The summed E-state index contributed by atoms with van der Waals surface area (Å²) in [5.41, 5.74) is 2.51. The summed E-state index contributed by atoms with van der Waals surface area (Å²) in [5, 5.41) is 3.40. The summed E-state index contributed by atoms with van der Waals surface area (Å²) in [6, 6.07) is 26.5. The molecule has 11 heteroatoms. The molecule has 1 N–H and O–H groups in total. The second kappa shape index (κ2) is 16.5. The van der Waals surface area contributed by atoms with Crippen molar-refractivity contribution >= 4 is 39.1 Å². The Labute approximate surface area is 288 Å². The molecule has 4 rings (SSSR count). The second-order valence-electron chi connectivity index (χ2n) is 11.8. The van der Waals surface area contributed by atoms with Crippen molar-refractivity contribution in [1.82, 2.24) is 10.2 Å². The quantitative estimate of drug-likeness (QED) is 0.158. The number of methoxy groups -OCH3 is 2. The van der Waals surface area contributed by atoms with Gasteiger partial charge in [0.05, 0.1) is 24.8 Å². The number of nitrogens with one attached hydrogen (secondary N) is 1. The fourth-order valence-electron chi connectivity index (χ4n) is 5.13. The maximum atomic E-state index is 14.7. The number of benzene rings is 4. The normalized spacial score (nSPS) is 11.9. The summed E-state index contributed by atoms with van der Waals surface area (Å²) in [6.45, 7) is 5.58. The summed E-state index contributed by atoms with van der Waals surface area (Å²) in [7, 11) is -1.37. The average molecular weight is 692 g/mol. The number of rotatable bonds is 15. The maximum absolute atomic E-state index is 14.7. The van der Waals surface area contributed by atoms with Gasteiger partial charge in [0.15, 0.2) is 11.5 Å². The Hall–Kier alpha value is -4.54. The van der Waals surface area contributed by atoms with E-state index in [4.69, 9.17) is 21.1 Å². The van der Waals surface area contributed by atoms with Crippen LogP contribution in [-0.2, 0) is 32.6 Å². The predicted octanol–water partition coefficient (Wildman–Crippen LogP) is 6.27. The highest BCUT2D eigenvalue weighted by atomic mass is 35.5. The molecule has 0 aromatic heterocycles. The molecule has 0 spiro atoms. The number of nitrogens with zero attached hydrogens (tertiary/aromatic N) is 2. The van der Waals surface area contributed by atoms with Gasteiger partial charge in [-0.1, -0.05) is 91.7 Å². The zero-order valence-corrected chi connectivity index (χ0v) is 29.4.